The van der Waals surface area contributed by atoms with Gasteiger partial charge in [-0.25, -0.2) is 0 Å². The fourth-order valence-corrected chi connectivity index (χ4v) is 2.09. The van der Waals surface area contributed by atoms with Gasteiger partial charge in [0.25, 0.3) is 5.70 Å². The summed E-state index contributed by atoms with van der Waals surface area (Å²) in [7, 11) is 0. The summed E-state index contributed by atoms with van der Waals surface area (Å²) in [4.78, 5) is 9.70. The molecule has 0 heterocycles. The summed E-state index contributed by atoms with van der Waals surface area (Å²) in [6, 6.07) is 0. The Kier molecular flexibility index (Phi) is 1.83. The maximum atomic E-state index is 12.4. The minimum atomic E-state index is -4.42. The van der Waals surface area contributed by atoms with E-state index >= 15 is 0 Å². The van der Waals surface area contributed by atoms with Crippen LogP contribution in [0.15, 0.2) is 23.5 Å². The minimum absolute atomic E-state index is 0.0768. The van der Waals surface area contributed by atoms with Crippen molar-refractivity contribution in [2.24, 2.45) is 23.5 Å². The molecular weight excluding hydrogens is 213 g/mol. The van der Waals surface area contributed by atoms with Crippen LogP contribution in [0.3, 0.4) is 0 Å². The van der Waals surface area contributed by atoms with Gasteiger partial charge < -0.3 is 5.73 Å². The Labute approximate surface area is 82.4 Å². The number of allylic oxidation sites excluding steroid dienone is 4. The van der Waals surface area contributed by atoms with Gasteiger partial charge in [0.15, 0.2) is 0 Å². The highest BCUT2D eigenvalue weighted by molar-refractivity contribution is 5.34. The molecule has 0 amide bonds. The molecule has 0 aromatic carbocycles. The monoisotopic (exact) mass is 220 g/mol. The smallest absolute Gasteiger partial charge is 0.393 e. The van der Waals surface area contributed by atoms with Crippen LogP contribution in [0.5, 0.6) is 0 Å². The lowest BCUT2D eigenvalue weighted by molar-refractivity contribution is -0.431. The molecule has 0 aromatic heterocycles. The SMILES string of the molecule is NC1=CC=C([N+](=O)[O-])C2C1C2C(F)(F)F. The predicted molar refractivity (Wildman–Crippen MR) is 43.9 cm³/mol. The van der Waals surface area contributed by atoms with E-state index in [4.69, 9.17) is 5.73 Å². The van der Waals surface area contributed by atoms with E-state index in [2.05, 4.69) is 0 Å². The van der Waals surface area contributed by atoms with Gasteiger partial charge in [-0.3, -0.25) is 10.1 Å². The summed E-state index contributed by atoms with van der Waals surface area (Å²) < 4.78 is 37.3. The van der Waals surface area contributed by atoms with Crippen molar-refractivity contribution in [3.63, 3.8) is 0 Å². The maximum absolute atomic E-state index is 12.4. The Hall–Kier alpha value is -1.53. The van der Waals surface area contributed by atoms with Crippen LogP contribution in [0.25, 0.3) is 0 Å². The molecule has 7 heteroatoms. The first kappa shape index (κ1) is 10.0. The molecule has 2 aliphatic carbocycles. The molecule has 15 heavy (non-hydrogen) atoms. The summed E-state index contributed by atoms with van der Waals surface area (Å²) in [6.45, 7) is 0. The van der Waals surface area contributed by atoms with Crippen molar-refractivity contribution < 1.29 is 18.1 Å². The second kappa shape index (κ2) is 2.74. The Morgan fingerprint density at radius 3 is 2.40 bits per heavy atom. The third-order valence-corrected chi connectivity index (χ3v) is 2.78. The number of nitrogens with zero attached hydrogens (tertiary/aromatic N) is 1. The molecule has 3 atom stereocenters. The number of hydrogen-bond donors (Lipinski definition) is 1. The highest BCUT2D eigenvalue weighted by atomic mass is 19.4. The average molecular weight is 220 g/mol. The second-order valence-electron chi connectivity index (χ2n) is 3.63. The molecule has 0 aliphatic heterocycles. The Balaban J connectivity index is 2.32. The standard InChI is InChI=1S/C8H7F3N2O2/c9-8(10,11)7-5-3(12)1-2-4(6(5)7)13(14)15/h1-2,5-7H,12H2. The molecule has 1 saturated carbocycles. The number of fused-ring (bicyclic) bond motifs is 1. The normalized spacial score (nSPS) is 33.9. The van der Waals surface area contributed by atoms with Gasteiger partial charge in [0, 0.05) is 17.7 Å². The third-order valence-electron chi connectivity index (χ3n) is 2.78. The van der Waals surface area contributed by atoms with Crippen LogP contribution in [0, 0.1) is 27.9 Å². The van der Waals surface area contributed by atoms with Crippen LogP contribution in [0.4, 0.5) is 13.2 Å². The first-order chi connectivity index (χ1) is 6.84. The zero-order chi connectivity index (χ0) is 11.4. The Morgan fingerprint density at radius 2 is 1.93 bits per heavy atom. The topological polar surface area (TPSA) is 69.2 Å². The molecule has 2 rings (SSSR count). The van der Waals surface area contributed by atoms with Gasteiger partial charge in [-0.15, -0.1) is 0 Å². The summed E-state index contributed by atoms with van der Waals surface area (Å²) in [5.74, 6) is -3.71. The van der Waals surface area contributed by atoms with Crippen LogP contribution in [-0.4, -0.2) is 11.1 Å². The van der Waals surface area contributed by atoms with Crippen LogP contribution in [-0.2, 0) is 0 Å². The van der Waals surface area contributed by atoms with E-state index in [1.54, 1.807) is 0 Å². The molecule has 2 aliphatic rings. The summed E-state index contributed by atoms with van der Waals surface area (Å²) in [6.07, 6.45) is -2.18. The lowest BCUT2D eigenvalue weighted by Crippen LogP contribution is -2.14. The van der Waals surface area contributed by atoms with E-state index in [1.807, 2.05) is 0 Å². The van der Waals surface area contributed by atoms with E-state index < -0.39 is 34.6 Å². The van der Waals surface area contributed by atoms with Crippen LogP contribution < -0.4 is 5.73 Å². The summed E-state index contributed by atoms with van der Waals surface area (Å²) in [5.41, 5.74) is 5.05. The lowest BCUT2D eigenvalue weighted by atomic mass is 10.1. The number of halogens is 3. The molecular formula is C8H7F3N2O2. The van der Waals surface area contributed by atoms with E-state index in [0.717, 1.165) is 6.08 Å². The van der Waals surface area contributed by atoms with Gasteiger partial charge >= 0.3 is 6.18 Å². The molecule has 0 saturated heterocycles. The minimum Gasteiger partial charge on any atom is -0.402 e. The quantitative estimate of drug-likeness (QED) is 0.536. The molecule has 3 unspecified atom stereocenters. The number of nitrogens with two attached hydrogens (primary N) is 1. The average Bonchev–Trinajstić information content (AvgIpc) is 2.78. The van der Waals surface area contributed by atoms with Crippen LogP contribution in [0.1, 0.15) is 0 Å². The van der Waals surface area contributed by atoms with Gasteiger partial charge in [0.2, 0.25) is 0 Å². The van der Waals surface area contributed by atoms with Crippen LogP contribution in [0.2, 0.25) is 0 Å². The molecule has 1 fully saturated rings. The molecule has 2 N–H and O–H groups in total. The number of hydrogen-bond acceptors (Lipinski definition) is 3. The van der Waals surface area contributed by atoms with Crippen molar-refractivity contribution in [3.8, 4) is 0 Å². The molecule has 0 spiro atoms. The van der Waals surface area contributed by atoms with Crippen molar-refractivity contribution in [2.45, 2.75) is 6.18 Å². The summed E-state index contributed by atoms with van der Waals surface area (Å²) >= 11 is 0. The van der Waals surface area contributed by atoms with Gasteiger partial charge in [0.05, 0.1) is 16.8 Å². The van der Waals surface area contributed by atoms with Gasteiger partial charge in [0.1, 0.15) is 0 Å². The zero-order valence-electron chi connectivity index (χ0n) is 7.36. The van der Waals surface area contributed by atoms with E-state index in [1.165, 1.54) is 6.08 Å². The lowest BCUT2D eigenvalue weighted by Gasteiger charge is -2.03. The number of nitro groups is 1. The second-order valence-corrected chi connectivity index (χ2v) is 3.63. The number of rotatable bonds is 1. The van der Waals surface area contributed by atoms with Crippen molar-refractivity contribution in [3.05, 3.63) is 33.7 Å². The van der Waals surface area contributed by atoms with Crippen molar-refractivity contribution in [1.29, 1.82) is 0 Å². The zero-order valence-corrected chi connectivity index (χ0v) is 7.36. The fourth-order valence-electron chi connectivity index (χ4n) is 2.09. The first-order valence-corrected chi connectivity index (χ1v) is 4.22. The van der Waals surface area contributed by atoms with Gasteiger partial charge in [-0.1, -0.05) is 0 Å². The van der Waals surface area contributed by atoms with Crippen molar-refractivity contribution in [1.82, 2.24) is 0 Å². The van der Waals surface area contributed by atoms with E-state index in [9.17, 15) is 23.3 Å². The third kappa shape index (κ3) is 1.38. The molecule has 0 aromatic rings. The highest BCUT2D eigenvalue weighted by Crippen LogP contribution is 2.62. The van der Waals surface area contributed by atoms with E-state index in [-0.39, 0.29) is 5.70 Å². The largest absolute Gasteiger partial charge is 0.402 e. The maximum Gasteiger partial charge on any atom is 0.393 e. The first-order valence-electron chi connectivity index (χ1n) is 4.22. The number of alkyl halides is 3. The molecule has 4 nitrogen and oxygen atoms in total. The molecule has 0 bridgehead atoms. The van der Waals surface area contributed by atoms with Crippen molar-refractivity contribution >= 4 is 0 Å². The Morgan fingerprint density at radius 1 is 1.33 bits per heavy atom. The Bertz CT molecular complexity index is 386. The van der Waals surface area contributed by atoms with Crippen molar-refractivity contribution in [2.75, 3.05) is 0 Å². The fraction of sp³-hybridized carbons (Fsp3) is 0.500. The molecule has 82 valence electrons. The van der Waals surface area contributed by atoms with Gasteiger partial charge in [-0.2, -0.15) is 13.2 Å². The molecule has 0 radical (unpaired) electrons. The summed E-state index contributed by atoms with van der Waals surface area (Å²) in [5, 5.41) is 10.5. The van der Waals surface area contributed by atoms with Crippen LogP contribution >= 0.6 is 0 Å². The van der Waals surface area contributed by atoms with Gasteiger partial charge in [-0.05, 0) is 6.08 Å². The van der Waals surface area contributed by atoms with E-state index in [0.29, 0.717) is 0 Å². The predicted octanol–water partition coefficient (Wildman–Crippen LogP) is 1.43. The highest BCUT2D eigenvalue weighted by Gasteiger charge is 2.70.